The molecule has 0 amide bonds. The third-order valence-electron chi connectivity index (χ3n) is 2.18. The Labute approximate surface area is 105 Å². The van der Waals surface area contributed by atoms with Crippen molar-refractivity contribution in [1.29, 1.82) is 0 Å². The van der Waals surface area contributed by atoms with Crippen molar-refractivity contribution in [2.24, 2.45) is 0 Å². The number of para-hydroxylation sites is 1. The first-order valence-corrected chi connectivity index (χ1v) is 6.19. The van der Waals surface area contributed by atoms with E-state index < -0.39 is 0 Å². The van der Waals surface area contributed by atoms with Gasteiger partial charge < -0.3 is 5.32 Å². The van der Waals surface area contributed by atoms with Crippen molar-refractivity contribution in [2.75, 3.05) is 12.4 Å². The Hall–Kier alpha value is -1.12. The van der Waals surface area contributed by atoms with E-state index in [0.717, 1.165) is 15.6 Å². The minimum Gasteiger partial charge on any atom is -0.387 e. The van der Waals surface area contributed by atoms with Crippen LogP contribution in [0.1, 0.15) is 0 Å². The van der Waals surface area contributed by atoms with E-state index in [2.05, 4.69) is 23.5 Å². The van der Waals surface area contributed by atoms with E-state index in [1.165, 1.54) is 4.90 Å². The van der Waals surface area contributed by atoms with Crippen LogP contribution in [0.4, 0.5) is 5.69 Å². The maximum Gasteiger partial charge on any atom is 0.0479 e. The quantitative estimate of drug-likeness (QED) is 0.858. The van der Waals surface area contributed by atoms with Crippen LogP contribution in [0.25, 0.3) is 0 Å². The molecule has 1 N–H and O–H groups in total. The van der Waals surface area contributed by atoms with Gasteiger partial charge in [0, 0.05) is 27.5 Å². The molecule has 2 rings (SSSR count). The van der Waals surface area contributed by atoms with E-state index in [4.69, 9.17) is 11.6 Å². The first-order valence-electron chi connectivity index (χ1n) is 5.00. The highest BCUT2D eigenvalue weighted by Gasteiger charge is 2.02. The number of benzene rings is 2. The number of hydrogen-bond donors (Lipinski definition) is 1. The molecule has 2 aromatic carbocycles. The number of nitrogens with one attached hydrogen (secondary N) is 1. The normalized spacial score (nSPS) is 10.1. The maximum absolute atomic E-state index is 5.96. The smallest absolute Gasteiger partial charge is 0.0479 e. The van der Waals surface area contributed by atoms with Crippen LogP contribution in [0.2, 0.25) is 5.02 Å². The molecule has 16 heavy (non-hydrogen) atoms. The van der Waals surface area contributed by atoms with Gasteiger partial charge in [0.2, 0.25) is 0 Å². The van der Waals surface area contributed by atoms with E-state index in [9.17, 15) is 0 Å². The van der Waals surface area contributed by atoms with Crippen LogP contribution in [-0.4, -0.2) is 7.05 Å². The summed E-state index contributed by atoms with van der Waals surface area (Å²) < 4.78 is 0. The molecule has 0 heterocycles. The summed E-state index contributed by atoms with van der Waals surface area (Å²) in [6.45, 7) is 0. The molecule has 0 aliphatic carbocycles. The fourth-order valence-corrected chi connectivity index (χ4v) is 2.69. The molecule has 0 bridgehead atoms. The first kappa shape index (κ1) is 11.4. The first-order chi connectivity index (χ1) is 7.79. The molecule has 0 radical (unpaired) electrons. The Morgan fingerprint density at radius 2 is 1.88 bits per heavy atom. The molecular formula is C13H12ClNS. The molecule has 0 fully saturated rings. The van der Waals surface area contributed by atoms with Gasteiger partial charge in [-0.3, -0.25) is 0 Å². The molecule has 0 atom stereocenters. The zero-order valence-electron chi connectivity index (χ0n) is 8.91. The largest absolute Gasteiger partial charge is 0.387 e. The minimum atomic E-state index is 0.770. The molecule has 0 saturated carbocycles. The fraction of sp³-hybridized carbons (Fsp3) is 0.0769. The monoisotopic (exact) mass is 249 g/mol. The second kappa shape index (κ2) is 5.28. The van der Waals surface area contributed by atoms with E-state index in [1.807, 2.05) is 37.4 Å². The van der Waals surface area contributed by atoms with Crippen molar-refractivity contribution in [3.63, 3.8) is 0 Å². The van der Waals surface area contributed by atoms with Crippen LogP contribution in [0, 0.1) is 0 Å². The van der Waals surface area contributed by atoms with Gasteiger partial charge in [-0.1, -0.05) is 41.6 Å². The van der Waals surface area contributed by atoms with Crippen molar-refractivity contribution in [3.8, 4) is 0 Å². The molecule has 0 aliphatic heterocycles. The number of hydrogen-bond acceptors (Lipinski definition) is 2. The summed E-state index contributed by atoms with van der Waals surface area (Å²) in [5.41, 5.74) is 1.13. The van der Waals surface area contributed by atoms with Crippen molar-refractivity contribution in [2.45, 2.75) is 9.79 Å². The van der Waals surface area contributed by atoms with Gasteiger partial charge >= 0.3 is 0 Å². The zero-order chi connectivity index (χ0) is 11.4. The van der Waals surface area contributed by atoms with E-state index in [-0.39, 0.29) is 0 Å². The van der Waals surface area contributed by atoms with E-state index in [0.29, 0.717) is 0 Å². The van der Waals surface area contributed by atoms with Gasteiger partial charge in [-0.15, -0.1) is 0 Å². The lowest BCUT2D eigenvalue weighted by Gasteiger charge is -2.08. The van der Waals surface area contributed by atoms with E-state index in [1.54, 1.807) is 11.8 Å². The number of rotatable bonds is 3. The molecule has 3 heteroatoms. The third-order valence-corrected chi connectivity index (χ3v) is 3.48. The highest BCUT2D eigenvalue weighted by Crippen LogP contribution is 2.33. The SMILES string of the molecule is CNc1ccccc1Sc1cccc(Cl)c1. The Kier molecular flexibility index (Phi) is 3.75. The standard InChI is InChI=1S/C13H12ClNS/c1-15-12-7-2-3-8-13(12)16-11-6-4-5-10(14)9-11/h2-9,15H,1H3. The summed E-state index contributed by atoms with van der Waals surface area (Å²) in [7, 11) is 1.93. The van der Waals surface area contributed by atoms with Crippen LogP contribution in [0.3, 0.4) is 0 Å². The molecule has 82 valence electrons. The van der Waals surface area contributed by atoms with Crippen LogP contribution >= 0.6 is 23.4 Å². The predicted octanol–water partition coefficient (Wildman–Crippen LogP) is 4.53. The summed E-state index contributed by atoms with van der Waals surface area (Å²) in [6.07, 6.45) is 0. The third kappa shape index (κ3) is 2.71. The Morgan fingerprint density at radius 3 is 2.62 bits per heavy atom. The number of halogens is 1. The van der Waals surface area contributed by atoms with Crippen LogP contribution in [0.15, 0.2) is 58.3 Å². The Bertz CT molecular complexity index is 485. The molecule has 0 spiro atoms. The molecular weight excluding hydrogens is 238 g/mol. The average molecular weight is 250 g/mol. The summed E-state index contributed by atoms with van der Waals surface area (Å²) >= 11 is 7.66. The van der Waals surface area contributed by atoms with Crippen LogP contribution in [0.5, 0.6) is 0 Å². The maximum atomic E-state index is 5.96. The van der Waals surface area contributed by atoms with Crippen LogP contribution in [-0.2, 0) is 0 Å². The molecule has 0 aromatic heterocycles. The van der Waals surface area contributed by atoms with Gasteiger partial charge in [-0.05, 0) is 30.3 Å². The van der Waals surface area contributed by atoms with E-state index >= 15 is 0 Å². The minimum absolute atomic E-state index is 0.770. The Balaban J connectivity index is 2.26. The van der Waals surface area contributed by atoms with Crippen LogP contribution < -0.4 is 5.32 Å². The second-order valence-corrected chi connectivity index (χ2v) is 4.86. The van der Waals surface area contributed by atoms with Crippen molar-refractivity contribution < 1.29 is 0 Å². The lowest BCUT2D eigenvalue weighted by molar-refractivity contribution is 1.36. The van der Waals surface area contributed by atoms with Gasteiger partial charge in [0.05, 0.1) is 0 Å². The molecule has 0 saturated heterocycles. The Morgan fingerprint density at radius 1 is 1.06 bits per heavy atom. The van der Waals surface area contributed by atoms with Crippen molar-refractivity contribution in [3.05, 3.63) is 53.6 Å². The summed E-state index contributed by atoms with van der Waals surface area (Å²) in [5, 5.41) is 3.95. The highest BCUT2D eigenvalue weighted by atomic mass is 35.5. The lowest BCUT2D eigenvalue weighted by Crippen LogP contribution is -1.89. The number of anilines is 1. The summed E-state index contributed by atoms with van der Waals surface area (Å²) in [6, 6.07) is 16.1. The van der Waals surface area contributed by atoms with Gasteiger partial charge in [0.25, 0.3) is 0 Å². The molecule has 2 aromatic rings. The average Bonchev–Trinajstić information content (AvgIpc) is 2.30. The van der Waals surface area contributed by atoms with Gasteiger partial charge in [-0.2, -0.15) is 0 Å². The van der Waals surface area contributed by atoms with Crippen molar-refractivity contribution in [1.82, 2.24) is 0 Å². The molecule has 1 nitrogen and oxygen atoms in total. The van der Waals surface area contributed by atoms with Crippen molar-refractivity contribution >= 4 is 29.1 Å². The zero-order valence-corrected chi connectivity index (χ0v) is 10.5. The predicted molar refractivity (Wildman–Crippen MR) is 71.6 cm³/mol. The van der Waals surface area contributed by atoms with Gasteiger partial charge in [0.1, 0.15) is 0 Å². The fourth-order valence-electron chi connectivity index (χ4n) is 1.42. The topological polar surface area (TPSA) is 12.0 Å². The van der Waals surface area contributed by atoms with Gasteiger partial charge in [0.15, 0.2) is 0 Å². The summed E-state index contributed by atoms with van der Waals surface area (Å²) in [5.74, 6) is 0. The molecule has 0 unspecified atom stereocenters. The lowest BCUT2D eigenvalue weighted by atomic mass is 10.3. The molecule has 0 aliphatic rings. The summed E-state index contributed by atoms with van der Waals surface area (Å²) in [4.78, 5) is 2.35. The second-order valence-electron chi connectivity index (χ2n) is 3.31. The van der Waals surface area contributed by atoms with Gasteiger partial charge in [-0.25, -0.2) is 0 Å². The highest BCUT2D eigenvalue weighted by molar-refractivity contribution is 7.99.